The first kappa shape index (κ1) is 14.0. The number of nitrogens with one attached hydrogen (secondary N) is 1. The van der Waals surface area contributed by atoms with Crippen molar-refractivity contribution in [2.24, 2.45) is 0 Å². The van der Waals surface area contributed by atoms with Crippen LogP contribution in [-0.4, -0.2) is 32.9 Å². The predicted molar refractivity (Wildman–Crippen MR) is 70.8 cm³/mol. The zero-order valence-corrected chi connectivity index (χ0v) is 11.2. The van der Waals surface area contributed by atoms with E-state index in [0.29, 0.717) is 0 Å². The number of ether oxygens (including phenoxy) is 2. The van der Waals surface area contributed by atoms with E-state index < -0.39 is 0 Å². The third-order valence-electron chi connectivity index (χ3n) is 2.45. The minimum atomic E-state index is 0.160. The minimum absolute atomic E-state index is 0.160. The maximum absolute atomic E-state index is 5.85. The molecule has 0 radical (unpaired) electrons. The second-order valence-corrected chi connectivity index (χ2v) is 4.45. The molecule has 0 saturated heterocycles. The van der Waals surface area contributed by atoms with E-state index in [-0.39, 0.29) is 6.10 Å². The summed E-state index contributed by atoms with van der Waals surface area (Å²) in [5, 5.41) is 3.29. The molecule has 3 heteroatoms. The zero-order valence-electron chi connectivity index (χ0n) is 11.2. The van der Waals surface area contributed by atoms with Crippen LogP contribution in [0.5, 0.6) is 5.75 Å². The summed E-state index contributed by atoms with van der Waals surface area (Å²) < 4.78 is 10.8. The van der Waals surface area contributed by atoms with Crippen LogP contribution in [0.1, 0.15) is 18.1 Å². The molecule has 1 N–H and O–H groups in total. The lowest BCUT2D eigenvalue weighted by molar-refractivity contribution is 0.184. The highest BCUT2D eigenvalue weighted by Gasteiger charge is 2.04. The first-order chi connectivity index (χ1) is 8.11. The van der Waals surface area contributed by atoms with E-state index in [1.165, 1.54) is 11.1 Å². The van der Waals surface area contributed by atoms with Gasteiger partial charge in [0.15, 0.2) is 0 Å². The number of methoxy groups -OCH3 is 1. The Bertz CT molecular complexity index is 319. The van der Waals surface area contributed by atoms with Crippen molar-refractivity contribution in [1.29, 1.82) is 0 Å². The van der Waals surface area contributed by atoms with Gasteiger partial charge in [0.1, 0.15) is 11.9 Å². The van der Waals surface area contributed by atoms with Gasteiger partial charge >= 0.3 is 0 Å². The standard InChI is InChI=1S/C14H23NO2/c1-11-7-12(2)9-14(8-11)17-13(3)10-15-5-6-16-4/h7-9,13,15H,5-6,10H2,1-4H3. The smallest absolute Gasteiger partial charge is 0.120 e. The lowest BCUT2D eigenvalue weighted by Gasteiger charge is -2.16. The Morgan fingerprint density at radius 3 is 2.41 bits per heavy atom. The molecule has 0 fully saturated rings. The fraction of sp³-hybridized carbons (Fsp3) is 0.571. The number of hydrogen-bond acceptors (Lipinski definition) is 3. The molecule has 1 atom stereocenters. The summed E-state index contributed by atoms with van der Waals surface area (Å²) in [4.78, 5) is 0. The Morgan fingerprint density at radius 1 is 1.18 bits per heavy atom. The van der Waals surface area contributed by atoms with Crippen molar-refractivity contribution in [3.63, 3.8) is 0 Å². The van der Waals surface area contributed by atoms with E-state index in [1.807, 2.05) is 0 Å². The SMILES string of the molecule is COCCNCC(C)Oc1cc(C)cc(C)c1. The van der Waals surface area contributed by atoms with Crippen LogP contribution >= 0.6 is 0 Å². The molecular weight excluding hydrogens is 214 g/mol. The van der Waals surface area contributed by atoms with E-state index in [9.17, 15) is 0 Å². The maximum atomic E-state index is 5.85. The van der Waals surface area contributed by atoms with E-state index in [0.717, 1.165) is 25.4 Å². The highest BCUT2D eigenvalue weighted by molar-refractivity contribution is 5.33. The average Bonchev–Trinajstić information content (AvgIpc) is 2.23. The van der Waals surface area contributed by atoms with Crippen molar-refractivity contribution in [1.82, 2.24) is 5.32 Å². The van der Waals surface area contributed by atoms with Gasteiger partial charge in [0.05, 0.1) is 6.61 Å². The van der Waals surface area contributed by atoms with Crippen molar-refractivity contribution in [2.45, 2.75) is 26.9 Å². The quantitative estimate of drug-likeness (QED) is 0.738. The fourth-order valence-corrected chi connectivity index (χ4v) is 1.75. The van der Waals surface area contributed by atoms with E-state index in [1.54, 1.807) is 7.11 Å². The molecule has 0 amide bonds. The second-order valence-electron chi connectivity index (χ2n) is 4.45. The molecular formula is C14H23NO2. The monoisotopic (exact) mass is 237 g/mol. The maximum Gasteiger partial charge on any atom is 0.120 e. The number of aryl methyl sites for hydroxylation is 2. The summed E-state index contributed by atoms with van der Waals surface area (Å²) in [5.74, 6) is 0.948. The summed E-state index contributed by atoms with van der Waals surface area (Å²) in [6.45, 7) is 8.66. The molecule has 3 nitrogen and oxygen atoms in total. The molecule has 0 spiro atoms. The number of hydrogen-bond donors (Lipinski definition) is 1. The Hall–Kier alpha value is -1.06. The molecule has 1 unspecified atom stereocenters. The van der Waals surface area contributed by atoms with Crippen LogP contribution in [0.4, 0.5) is 0 Å². The summed E-state index contributed by atoms with van der Waals surface area (Å²) in [6.07, 6.45) is 0.160. The Kier molecular flexibility index (Phi) is 6.01. The second kappa shape index (κ2) is 7.30. The highest BCUT2D eigenvalue weighted by Crippen LogP contribution is 2.17. The Morgan fingerprint density at radius 2 is 1.82 bits per heavy atom. The first-order valence-electron chi connectivity index (χ1n) is 6.06. The van der Waals surface area contributed by atoms with Gasteiger partial charge in [-0.1, -0.05) is 6.07 Å². The molecule has 17 heavy (non-hydrogen) atoms. The Labute approximate surface area is 104 Å². The molecule has 0 aliphatic carbocycles. The van der Waals surface area contributed by atoms with Gasteiger partial charge in [-0.2, -0.15) is 0 Å². The molecule has 96 valence electrons. The van der Waals surface area contributed by atoms with E-state index in [2.05, 4.69) is 44.3 Å². The summed E-state index contributed by atoms with van der Waals surface area (Å²) in [6, 6.07) is 6.28. The lowest BCUT2D eigenvalue weighted by atomic mass is 10.1. The molecule has 0 heterocycles. The normalized spacial score (nSPS) is 12.5. The largest absolute Gasteiger partial charge is 0.489 e. The Balaban J connectivity index is 2.36. The topological polar surface area (TPSA) is 30.5 Å². The van der Waals surface area contributed by atoms with Gasteiger partial charge in [-0.3, -0.25) is 0 Å². The van der Waals surface area contributed by atoms with Gasteiger partial charge in [0, 0.05) is 20.2 Å². The van der Waals surface area contributed by atoms with Crippen molar-refractivity contribution in [3.8, 4) is 5.75 Å². The third kappa shape index (κ3) is 5.71. The molecule has 1 aromatic rings. The summed E-state index contributed by atoms with van der Waals surface area (Å²) in [5.41, 5.74) is 2.47. The van der Waals surface area contributed by atoms with Crippen molar-refractivity contribution < 1.29 is 9.47 Å². The molecule has 0 saturated carbocycles. The molecule has 0 aromatic heterocycles. The van der Waals surface area contributed by atoms with Crippen molar-refractivity contribution >= 4 is 0 Å². The number of rotatable bonds is 7. The van der Waals surface area contributed by atoms with Crippen LogP contribution in [0.15, 0.2) is 18.2 Å². The lowest BCUT2D eigenvalue weighted by Crippen LogP contribution is -2.31. The molecule has 0 aliphatic rings. The minimum Gasteiger partial charge on any atom is -0.489 e. The van der Waals surface area contributed by atoms with Crippen molar-refractivity contribution in [3.05, 3.63) is 29.3 Å². The highest BCUT2D eigenvalue weighted by atomic mass is 16.5. The molecule has 1 rings (SSSR count). The fourth-order valence-electron chi connectivity index (χ4n) is 1.75. The van der Waals surface area contributed by atoms with Gasteiger partial charge in [-0.25, -0.2) is 0 Å². The van der Waals surface area contributed by atoms with Crippen LogP contribution in [-0.2, 0) is 4.74 Å². The van der Waals surface area contributed by atoms with Crippen LogP contribution in [0.25, 0.3) is 0 Å². The van der Waals surface area contributed by atoms with Crippen LogP contribution < -0.4 is 10.1 Å². The zero-order chi connectivity index (χ0) is 12.7. The van der Waals surface area contributed by atoms with E-state index >= 15 is 0 Å². The first-order valence-corrected chi connectivity index (χ1v) is 6.06. The van der Waals surface area contributed by atoms with Gasteiger partial charge in [0.2, 0.25) is 0 Å². The van der Waals surface area contributed by atoms with Gasteiger partial charge < -0.3 is 14.8 Å². The molecule has 0 bridgehead atoms. The summed E-state index contributed by atoms with van der Waals surface area (Å²) >= 11 is 0. The molecule has 0 aliphatic heterocycles. The van der Waals surface area contributed by atoms with Gasteiger partial charge in [0.25, 0.3) is 0 Å². The van der Waals surface area contributed by atoms with Gasteiger partial charge in [-0.05, 0) is 44.0 Å². The van der Waals surface area contributed by atoms with Gasteiger partial charge in [-0.15, -0.1) is 0 Å². The summed E-state index contributed by atoms with van der Waals surface area (Å²) in [7, 11) is 1.71. The predicted octanol–water partition coefficient (Wildman–Crippen LogP) is 2.31. The number of benzene rings is 1. The van der Waals surface area contributed by atoms with Crippen LogP contribution in [0.3, 0.4) is 0 Å². The average molecular weight is 237 g/mol. The van der Waals surface area contributed by atoms with Crippen LogP contribution in [0.2, 0.25) is 0 Å². The van der Waals surface area contributed by atoms with Crippen LogP contribution in [0, 0.1) is 13.8 Å². The van der Waals surface area contributed by atoms with Crippen molar-refractivity contribution in [2.75, 3.05) is 26.8 Å². The third-order valence-corrected chi connectivity index (χ3v) is 2.45. The van der Waals surface area contributed by atoms with E-state index in [4.69, 9.17) is 9.47 Å². The molecule has 1 aromatic carbocycles.